The van der Waals surface area contributed by atoms with E-state index in [-0.39, 0.29) is 5.82 Å². The second kappa shape index (κ2) is 2.98. The van der Waals surface area contributed by atoms with Crippen LogP contribution < -0.4 is 10.9 Å². The summed E-state index contributed by atoms with van der Waals surface area (Å²) in [7, 11) is 0. The summed E-state index contributed by atoms with van der Waals surface area (Å²) in [5.74, 6) is 5.32. The van der Waals surface area contributed by atoms with Gasteiger partial charge in [-0.25, -0.2) is 15.6 Å². The van der Waals surface area contributed by atoms with Gasteiger partial charge in [-0.1, -0.05) is 6.07 Å². The molecular weight excluding hydrogens is 146 g/mol. The van der Waals surface area contributed by atoms with E-state index in [9.17, 15) is 4.79 Å². The standard InChI is InChI=1S/C6H7N3O2/c7-9(6(10)11)5-3-1-2-4-8-5/h1-4H,7H2,(H,10,11). The van der Waals surface area contributed by atoms with Crippen molar-refractivity contribution in [3.63, 3.8) is 0 Å². The highest BCUT2D eigenvalue weighted by Crippen LogP contribution is 2.03. The van der Waals surface area contributed by atoms with Gasteiger partial charge in [-0.2, -0.15) is 5.01 Å². The van der Waals surface area contributed by atoms with Crippen LogP contribution in [0.25, 0.3) is 0 Å². The van der Waals surface area contributed by atoms with Gasteiger partial charge in [-0.15, -0.1) is 0 Å². The molecule has 5 nitrogen and oxygen atoms in total. The van der Waals surface area contributed by atoms with Crippen LogP contribution in [0, 0.1) is 0 Å². The topological polar surface area (TPSA) is 79.5 Å². The molecule has 1 aromatic rings. The Bertz CT molecular complexity index is 249. The minimum atomic E-state index is -1.23. The first-order chi connectivity index (χ1) is 5.22. The van der Waals surface area contributed by atoms with E-state index in [2.05, 4.69) is 4.98 Å². The molecule has 0 unspecified atom stereocenters. The molecule has 1 heterocycles. The normalized spacial score (nSPS) is 9.18. The highest BCUT2D eigenvalue weighted by molar-refractivity contribution is 5.82. The van der Waals surface area contributed by atoms with Crippen molar-refractivity contribution in [3.8, 4) is 0 Å². The van der Waals surface area contributed by atoms with Gasteiger partial charge in [0.15, 0.2) is 5.82 Å². The maximum absolute atomic E-state index is 10.3. The number of carboxylic acid groups (broad SMARTS) is 1. The quantitative estimate of drug-likeness (QED) is 0.348. The van der Waals surface area contributed by atoms with Crippen molar-refractivity contribution >= 4 is 11.9 Å². The van der Waals surface area contributed by atoms with E-state index in [4.69, 9.17) is 10.9 Å². The molecule has 1 amide bonds. The molecule has 0 aromatic carbocycles. The van der Waals surface area contributed by atoms with E-state index in [1.807, 2.05) is 0 Å². The number of carbonyl (C=O) groups is 1. The van der Waals surface area contributed by atoms with Crippen molar-refractivity contribution in [2.45, 2.75) is 0 Å². The molecule has 0 atom stereocenters. The van der Waals surface area contributed by atoms with Crippen LogP contribution in [0.3, 0.4) is 0 Å². The monoisotopic (exact) mass is 153 g/mol. The van der Waals surface area contributed by atoms with Crippen molar-refractivity contribution in [3.05, 3.63) is 24.4 Å². The van der Waals surface area contributed by atoms with E-state index >= 15 is 0 Å². The van der Waals surface area contributed by atoms with Gasteiger partial charge in [0.2, 0.25) is 0 Å². The van der Waals surface area contributed by atoms with Crippen molar-refractivity contribution < 1.29 is 9.90 Å². The zero-order valence-electron chi connectivity index (χ0n) is 5.64. The Kier molecular flexibility index (Phi) is 2.03. The van der Waals surface area contributed by atoms with Crippen LogP contribution in [-0.2, 0) is 0 Å². The van der Waals surface area contributed by atoms with Crippen LogP contribution in [0.1, 0.15) is 0 Å². The minimum Gasteiger partial charge on any atom is -0.464 e. The zero-order chi connectivity index (χ0) is 8.27. The molecule has 11 heavy (non-hydrogen) atoms. The highest BCUT2D eigenvalue weighted by Gasteiger charge is 2.08. The van der Waals surface area contributed by atoms with Crippen LogP contribution in [0.2, 0.25) is 0 Å². The van der Waals surface area contributed by atoms with Crippen molar-refractivity contribution in [1.82, 2.24) is 4.98 Å². The molecule has 1 rings (SSSR count). The number of amides is 1. The fraction of sp³-hybridized carbons (Fsp3) is 0. The van der Waals surface area contributed by atoms with Crippen LogP contribution in [-0.4, -0.2) is 16.2 Å². The molecule has 0 bridgehead atoms. The predicted molar refractivity (Wildman–Crippen MR) is 38.9 cm³/mol. The zero-order valence-corrected chi connectivity index (χ0v) is 5.64. The van der Waals surface area contributed by atoms with Crippen molar-refractivity contribution in [2.75, 3.05) is 5.01 Å². The lowest BCUT2D eigenvalue weighted by molar-refractivity contribution is 0.201. The lowest BCUT2D eigenvalue weighted by atomic mass is 10.5. The number of nitrogens with zero attached hydrogens (tertiary/aromatic N) is 2. The second-order valence-electron chi connectivity index (χ2n) is 1.84. The molecule has 0 aliphatic rings. The van der Waals surface area contributed by atoms with Crippen LogP contribution in [0.15, 0.2) is 24.4 Å². The fourth-order valence-corrected chi connectivity index (χ4v) is 0.594. The van der Waals surface area contributed by atoms with Crippen LogP contribution in [0.5, 0.6) is 0 Å². The molecule has 0 radical (unpaired) electrons. The number of hydrogen-bond donors (Lipinski definition) is 2. The summed E-state index contributed by atoms with van der Waals surface area (Å²) in [6, 6.07) is 4.85. The molecule has 0 fully saturated rings. The Labute approximate surface area is 63.0 Å². The number of rotatable bonds is 1. The number of aromatic nitrogens is 1. The van der Waals surface area contributed by atoms with Gasteiger partial charge in [-0.3, -0.25) is 0 Å². The fourth-order valence-electron chi connectivity index (χ4n) is 0.594. The first-order valence-corrected chi connectivity index (χ1v) is 2.90. The van der Waals surface area contributed by atoms with Gasteiger partial charge in [0.05, 0.1) is 0 Å². The Morgan fingerprint density at radius 2 is 2.36 bits per heavy atom. The third kappa shape index (κ3) is 1.65. The summed E-state index contributed by atoms with van der Waals surface area (Å²) in [5, 5.41) is 8.95. The molecule has 0 aliphatic carbocycles. The summed E-state index contributed by atoms with van der Waals surface area (Å²) in [5.41, 5.74) is 0. The molecular formula is C6H7N3O2. The number of hydrogen-bond acceptors (Lipinski definition) is 3. The highest BCUT2D eigenvalue weighted by atomic mass is 16.4. The van der Waals surface area contributed by atoms with E-state index in [0.29, 0.717) is 5.01 Å². The Hall–Kier alpha value is -1.62. The smallest absolute Gasteiger partial charge is 0.427 e. The third-order valence-corrected chi connectivity index (χ3v) is 1.10. The van der Waals surface area contributed by atoms with Crippen LogP contribution >= 0.6 is 0 Å². The van der Waals surface area contributed by atoms with Gasteiger partial charge < -0.3 is 5.11 Å². The maximum atomic E-state index is 10.3. The van der Waals surface area contributed by atoms with Gasteiger partial charge in [-0.05, 0) is 12.1 Å². The van der Waals surface area contributed by atoms with Gasteiger partial charge in [0.1, 0.15) is 0 Å². The third-order valence-electron chi connectivity index (χ3n) is 1.10. The van der Waals surface area contributed by atoms with Gasteiger partial charge in [0, 0.05) is 6.20 Å². The van der Waals surface area contributed by atoms with E-state index in [1.54, 1.807) is 12.1 Å². The molecule has 0 aliphatic heterocycles. The average molecular weight is 153 g/mol. The lowest BCUT2D eigenvalue weighted by Crippen LogP contribution is -2.36. The van der Waals surface area contributed by atoms with E-state index in [0.717, 1.165) is 0 Å². The molecule has 5 heteroatoms. The number of anilines is 1. The summed E-state index contributed by atoms with van der Waals surface area (Å²) in [6.45, 7) is 0. The van der Waals surface area contributed by atoms with E-state index in [1.165, 1.54) is 12.3 Å². The SMILES string of the molecule is NN(C(=O)O)c1ccccn1. The molecule has 0 saturated heterocycles. The van der Waals surface area contributed by atoms with Crippen molar-refractivity contribution in [2.24, 2.45) is 5.84 Å². The molecule has 1 aromatic heterocycles. The number of hydrazine groups is 1. The first-order valence-electron chi connectivity index (χ1n) is 2.90. The predicted octanol–water partition coefficient (Wildman–Crippen LogP) is 0.440. The second-order valence-corrected chi connectivity index (χ2v) is 1.84. The first kappa shape index (κ1) is 7.49. The van der Waals surface area contributed by atoms with E-state index < -0.39 is 6.09 Å². The van der Waals surface area contributed by atoms with Crippen LogP contribution in [0.4, 0.5) is 10.6 Å². The van der Waals surface area contributed by atoms with Crippen molar-refractivity contribution in [1.29, 1.82) is 0 Å². The summed E-state index contributed by atoms with van der Waals surface area (Å²) in [6.07, 6.45) is 0.238. The molecule has 0 spiro atoms. The minimum absolute atomic E-state index is 0.208. The lowest BCUT2D eigenvalue weighted by Gasteiger charge is -2.09. The molecule has 3 N–H and O–H groups in total. The largest absolute Gasteiger partial charge is 0.464 e. The van der Waals surface area contributed by atoms with Gasteiger partial charge >= 0.3 is 6.09 Å². The Morgan fingerprint density at radius 1 is 1.64 bits per heavy atom. The number of nitrogens with two attached hydrogens (primary N) is 1. The number of pyridine rings is 1. The Balaban J connectivity index is 2.85. The Morgan fingerprint density at radius 3 is 2.82 bits per heavy atom. The average Bonchev–Trinajstić information content (AvgIpc) is 2.05. The summed E-state index contributed by atoms with van der Waals surface area (Å²) >= 11 is 0. The maximum Gasteiger partial charge on any atom is 0.427 e. The summed E-state index contributed by atoms with van der Waals surface area (Å²) < 4.78 is 0. The summed E-state index contributed by atoms with van der Waals surface area (Å²) in [4.78, 5) is 14.0. The molecule has 0 saturated carbocycles. The molecule has 58 valence electrons. The van der Waals surface area contributed by atoms with Gasteiger partial charge in [0.25, 0.3) is 0 Å².